The average Bonchev–Trinajstić information content (AvgIpc) is 2.59. The van der Waals surface area contributed by atoms with Gasteiger partial charge in [-0.25, -0.2) is 8.78 Å². The van der Waals surface area contributed by atoms with Crippen LogP contribution in [0, 0.1) is 5.92 Å². The van der Waals surface area contributed by atoms with Gasteiger partial charge in [0.05, 0.1) is 0 Å². The van der Waals surface area contributed by atoms with Gasteiger partial charge in [-0.3, -0.25) is 0 Å². The molecule has 0 amide bonds. The summed E-state index contributed by atoms with van der Waals surface area (Å²) in [5, 5.41) is 0. The number of epoxide rings is 1. The van der Waals surface area contributed by atoms with Crippen LogP contribution in [0.2, 0.25) is 0 Å². The molecular formula is C8H8F2O. The summed E-state index contributed by atoms with van der Waals surface area (Å²) in [4.78, 5) is 0. The van der Waals surface area contributed by atoms with Crippen LogP contribution < -0.4 is 0 Å². The zero-order valence-electron chi connectivity index (χ0n) is 5.94. The number of fused-ring (bicyclic) bond motifs is 3. The highest BCUT2D eigenvalue weighted by molar-refractivity contribution is 5.32. The van der Waals surface area contributed by atoms with Crippen LogP contribution >= 0.6 is 0 Å². The van der Waals surface area contributed by atoms with Crippen molar-refractivity contribution < 1.29 is 13.5 Å². The first-order valence-electron chi connectivity index (χ1n) is 3.93. The Labute approximate surface area is 63.0 Å². The van der Waals surface area contributed by atoms with Crippen molar-refractivity contribution in [3.8, 4) is 0 Å². The maximum absolute atomic E-state index is 13.0. The minimum Gasteiger partial charge on any atom is -0.483 e. The Morgan fingerprint density at radius 1 is 1.45 bits per heavy atom. The molecule has 3 aliphatic rings. The minimum atomic E-state index is -2.43. The Bertz CT molecular complexity index is 257. The molecule has 2 fully saturated rings. The molecule has 0 radical (unpaired) electrons. The number of alkyl halides is 2. The smallest absolute Gasteiger partial charge is 0.255 e. The molecule has 0 aromatic heterocycles. The van der Waals surface area contributed by atoms with Crippen LogP contribution in [0.3, 0.4) is 0 Å². The third-order valence-electron chi connectivity index (χ3n) is 2.89. The highest BCUT2D eigenvalue weighted by Gasteiger charge is 2.57. The summed E-state index contributed by atoms with van der Waals surface area (Å²) in [5.41, 5.74) is 0.885. The Balaban J connectivity index is 2.05. The predicted octanol–water partition coefficient (Wildman–Crippen LogP) is 2.09. The van der Waals surface area contributed by atoms with Crippen molar-refractivity contribution in [2.75, 3.05) is 0 Å². The maximum atomic E-state index is 13.0. The van der Waals surface area contributed by atoms with Gasteiger partial charge in [-0.2, -0.15) is 0 Å². The van der Waals surface area contributed by atoms with Crippen LogP contribution in [-0.4, -0.2) is 12.0 Å². The molecule has 2 atom stereocenters. The fourth-order valence-electron chi connectivity index (χ4n) is 2.24. The first kappa shape index (κ1) is 5.98. The Morgan fingerprint density at radius 3 is 3.09 bits per heavy atom. The van der Waals surface area contributed by atoms with E-state index in [1.165, 1.54) is 0 Å². The molecule has 0 aromatic carbocycles. The van der Waals surface area contributed by atoms with E-state index in [0.717, 1.165) is 11.3 Å². The van der Waals surface area contributed by atoms with Gasteiger partial charge in [-0.15, -0.1) is 0 Å². The average molecular weight is 158 g/mol. The Hall–Kier alpha value is -0.600. The highest BCUT2D eigenvalue weighted by Crippen LogP contribution is 2.56. The second-order valence-electron chi connectivity index (χ2n) is 3.65. The molecular weight excluding hydrogens is 150 g/mol. The van der Waals surface area contributed by atoms with Crippen molar-refractivity contribution in [1.29, 1.82) is 0 Å². The highest BCUT2D eigenvalue weighted by atomic mass is 19.3. The van der Waals surface area contributed by atoms with E-state index < -0.39 is 11.8 Å². The second-order valence-corrected chi connectivity index (χ2v) is 3.65. The van der Waals surface area contributed by atoms with Crippen LogP contribution in [0.4, 0.5) is 8.78 Å². The molecule has 1 aliphatic heterocycles. The van der Waals surface area contributed by atoms with Gasteiger partial charge >= 0.3 is 0 Å². The standard InChI is InChI=1S/C8H8F2O/c9-8(10)3-4-1-5(8)2-6-7(4)11-6/h5-6H,1-3H2/t5-,6?/m1/s1. The third kappa shape index (κ3) is 0.638. The quantitative estimate of drug-likeness (QED) is 0.492. The fraction of sp³-hybridized carbons (Fsp3) is 0.750. The molecule has 3 heteroatoms. The molecule has 1 nitrogen and oxygen atoms in total. The van der Waals surface area contributed by atoms with Gasteiger partial charge in [0.2, 0.25) is 0 Å². The zero-order chi connectivity index (χ0) is 7.64. The first-order valence-corrected chi connectivity index (χ1v) is 3.93. The lowest BCUT2D eigenvalue weighted by molar-refractivity contribution is -0.0399. The largest absolute Gasteiger partial charge is 0.483 e. The van der Waals surface area contributed by atoms with Crippen LogP contribution in [0.15, 0.2) is 11.3 Å². The van der Waals surface area contributed by atoms with E-state index in [9.17, 15) is 8.78 Å². The monoisotopic (exact) mass is 158 g/mol. The summed E-state index contributed by atoms with van der Waals surface area (Å²) in [7, 11) is 0. The van der Waals surface area contributed by atoms with E-state index in [2.05, 4.69) is 0 Å². The van der Waals surface area contributed by atoms with Crippen molar-refractivity contribution in [2.24, 2.45) is 5.92 Å². The predicted molar refractivity (Wildman–Crippen MR) is 34.2 cm³/mol. The van der Waals surface area contributed by atoms with Gasteiger partial charge in [0.15, 0.2) is 6.10 Å². The summed E-state index contributed by atoms with van der Waals surface area (Å²) in [6.07, 6.45) is 1.17. The molecule has 1 heterocycles. The van der Waals surface area contributed by atoms with E-state index in [-0.39, 0.29) is 12.5 Å². The summed E-state index contributed by atoms with van der Waals surface area (Å²) in [6, 6.07) is 0. The van der Waals surface area contributed by atoms with Crippen molar-refractivity contribution in [3.05, 3.63) is 11.3 Å². The molecule has 3 rings (SSSR count). The molecule has 60 valence electrons. The number of hydrogen-bond donors (Lipinski definition) is 0. The summed E-state index contributed by atoms with van der Waals surface area (Å²) in [6.45, 7) is 0. The van der Waals surface area contributed by atoms with Crippen LogP contribution in [0.5, 0.6) is 0 Å². The SMILES string of the molecule is FC1(F)CC2=C3OC3C[C@H]1C2. The Morgan fingerprint density at radius 2 is 2.27 bits per heavy atom. The lowest BCUT2D eigenvalue weighted by Gasteiger charge is -2.16. The first-order chi connectivity index (χ1) is 5.17. The maximum Gasteiger partial charge on any atom is 0.255 e. The van der Waals surface area contributed by atoms with Gasteiger partial charge in [0, 0.05) is 18.8 Å². The topological polar surface area (TPSA) is 12.5 Å². The van der Waals surface area contributed by atoms with Gasteiger partial charge in [0.1, 0.15) is 5.76 Å². The van der Waals surface area contributed by atoms with E-state index in [1.807, 2.05) is 0 Å². The molecule has 0 N–H and O–H groups in total. The van der Waals surface area contributed by atoms with E-state index in [1.54, 1.807) is 0 Å². The van der Waals surface area contributed by atoms with Crippen molar-refractivity contribution in [2.45, 2.75) is 31.3 Å². The van der Waals surface area contributed by atoms with Crippen molar-refractivity contribution in [3.63, 3.8) is 0 Å². The van der Waals surface area contributed by atoms with Crippen molar-refractivity contribution in [1.82, 2.24) is 0 Å². The number of ether oxygens (including phenoxy) is 1. The van der Waals surface area contributed by atoms with Crippen molar-refractivity contribution >= 4 is 0 Å². The number of rotatable bonds is 0. The molecule has 0 aromatic rings. The minimum absolute atomic E-state index is 0.0382. The third-order valence-corrected chi connectivity index (χ3v) is 2.89. The van der Waals surface area contributed by atoms with Gasteiger partial charge in [-0.1, -0.05) is 0 Å². The lowest BCUT2D eigenvalue weighted by Crippen LogP contribution is -2.22. The Kier molecular flexibility index (Phi) is 0.787. The molecule has 11 heavy (non-hydrogen) atoms. The van der Waals surface area contributed by atoms with E-state index in [0.29, 0.717) is 12.8 Å². The molecule has 1 saturated carbocycles. The molecule has 1 unspecified atom stereocenters. The summed E-state index contributed by atoms with van der Waals surface area (Å²) >= 11 is 0. The molecule has 2 bridgehead atoms. The van der Waals surface area contributed by atoms with Gasteiger partial charge in [0.25, 0.3) is 5.92 Å². The number of hydrogen-bond acceptors (Lipinski definition) is 1. The normalized spacial score (nSPS) is 43.5. The van der Waals surface area contributed by atoms with E-state index >= 15 is 0 Å². The molecule has 1 saturated heterocycles. The fourth-order valence-corrected chi connectivity index (χ4v) is 2.24. The van der Waals surface area contributed by atoms with Crippen LogP contribution in [-0.2, 0) is 4.74 Å². The molecule has 0 spiro atoms. The number of halogens is 2. The van der Waals surface area contributed by atoms with Crippen LogP contribution in [0.1, 0.15) is 19.3 Å². The van der Waals surface area contributed by atoms with Crippen LogP contribution in [0.25, 0.3) is 0 Å². The number of allylic oxidation sites excluding steroid dienone is 1. The summed E-state index contributed by atoms with van der Waals surface area (Å²) < 4.78 is 31.2. The molecule has 2 aliphatic carbocycles. The lowest BCUT2D eigenvalue weighted by atomic mass is 9.95. The zero-order valence-corrected chi connectivity index (χ0v) is 5.94. The second kappa shape index (κ2) is 1.45. The van der Waals surface area contributed by atoms with E-state index in [4.69, 9.17) is 4.74 Å². The van der Waals surface area contributed by atoms with Gasteiger partial charge < -0.3 is 4.74 Å². The van der Waals surface area contributed by atoms with Gasteiger partial charge in [-0.05, 0) is 12.0 Å². The summed E-state index contributed by atoms with van der Waals surface area (Å²) in [5.74, 6) is -1.97.